The molecular formula is C17H20N4O2. The molecule has 0 saturated heterocycles. The van der Waals surface area contributed by atoms with Crippen LogP contribution in [0.3, 0.4) is 0 Å². The number of amides is 1. The highest BCUT2D eigenvalue weighted by molar-refractivity contribution is 5.84. The molecule has 1 atom stereocenters. The zero-order valence-corrected chi connectivity index (χ0v) is 13.4. The Hall–Kier alpha value is -2.65. The van der Waals surface area contributed by atoms with Gasteiger partial charge in [0, 0.05) is 34.7 Å². The Kier molecular flexibility index (Phi) is 4.52. The molecule has 1 amide bonds. The number of aromatic amines is 1. The van der Waals surface area contributed by atoms with Crippen molar-refractivity contribution in [2.75, 3.05) is 6.54 Å². The number of nitrogens with two attached hydrogens (primary N) is 1. The van der Waals surface area contributed by atoms with Crippen molar-refractivity contribution in [1.29, 1.82) is 5.26 Å². The molecule has 0 radical (unpaired) electrons. The number of fused-ring (bicyclic) bond motifs is 1. The van der Waals surface area contributed by atoms with Crippen LogP contribution in [0.15, 0.2) is 29.1 Å². The number of aromatic nitrogens is 1. The lowest BCUT2D eigenvalue weighted by atomic mass is 10.00. The van der Waals surface area contributed by atoms with Crippen molar-refractivity contribution in [2.24, 2.45) is 5.73 Å². The highest BCUT2D eigenvalue weighted by Gasteiger charge is 2.22. The molecule has 0 fully saturated rings. The minimum Gasteiger partial charge on any atom is -0.369 e. The number of nitriles is 1. The van der Waals surface area contributed by atoms with Gasteiger partial charge in [0.15, 0.2) is 5.43 Å². The molecule has 0 aliphatic carbocycles. The summed E-state index contributed by atoms with van der Waals surface area (Å²) in [6, 6.07) is 8.19. The highest BCUT2D eigenvalue weighted by Crippen LogP contribution is 2.17. The number of primary amides is 1. The Bertz CT molecular complexity index is 840. The summed E-state index contributed by atoms with van der Waals surface area (Å²) in [4.78, 5) is 27.2. The smallest absolute Gasteiger partial charge is 0.227 e. The summed E-state index contributed by atoms with van der Waals surface area (Å²) < 4.78 is 0. The number of carbonyl (C=O) groups excluding carboxylic acids is 1. The van der Waals surface area contributed by atoms with Gasteiger partial charge in [0.1, 0.15) is 0 Å². The van der Waals surface area contributed by atoms with Crippen LogP contribution in [0.1, 0.15) is 37.9 Å². The van der Waals surface area contributed by atoms with Crippen LogP contribution in [0, 0.1) is 11.3 Å². The van der Waals surface area contributed by atoms with Crippen molar-refractivity contribution in [3.8, 4) is 6.07 Å². The van der Waals surface area contributed by atoms with Gasteiger partial charge in [-0.3, -0.25) is 9.59 Å². The lowest BCUT2D eigenvalue weighted by Gasteiger charge is -2.24. The molecule has 1 aromatic heterocycles. The molecule has 0 saturated carbocycles. The van der Waals surface area contributed by atoms with E-state index in [9.17, 15) is 9.59 Å². The van der Waals surface area contributed by atoms with E-state index in [0.29, 0.717) is 28.7 Å². The largest absolute Gasteiger partial charge is 0.369 e. The van der Waals surface area contributed by atoms with Crippen LogP contribution in [0.5, 0.6) is 0 Å². The number of hydrogen-bond acceptors (Lipinski definition) is 4. The minimum absolute atomic E-state index is 0.174. The predicted octanol–water partition coefficient (Wildman–Crippen LogP) is 1.36. The van der Waals surface area contributed by atoms with Gasteiger partial charge in [0.2, 0.25) is 5.91 Å². The first-order chi connectivity index (χ1) is 10.7. The van der Waals surface area contributed by atoms with E-state index in [-0.39, 0.29) is 11.0 Å². The SMILES string of the molecule is CC(C)(C)NC[C@@H](C(N)=O)c1cc(=O)c2cc(C#N)ccc2[nH]1. The lowest BCUT2D eigenvalue weighted by Crippen LogP contribution is -2.41. The molecule has 120 valence electrons. The Morgan fingerprint density at radius 2 is 2.09 bits per heavy atom. The molecule has 4 N–H and O–H groups in total. The molecule has 2 aromatic rings. The average Bonchev–Trinajstić information content (AvgIpc) is 2.45. The lowest BCUT2D eigenvalue weighted by molar-refractivity contribution is -0.119. The zero-order chi connectivity index (χ0) is 17.2. The van der Waals surface area contributed by atoms with Crippen molar-refractivity contribution in [1.82, 2.24) is 10.3 Å². The summed E-state index contributed by atoms with van der Waals surface area (Å²) in [5.41, 5.74) is 6.54. The number of pyridine rings is 1. The van der Waals surface area contributed by atoms with Gasteiger partial charge in [-0.2, -0.15) is 5.26 Å². The first kappa shape index (κ1) is 16.7. The van der Waals surface area contributed by atoms with Crippen molar-refractivity contribution in [3.05, 3.63) is 45.7 Å². The van der Waals surface area contributed by atoms with E-state index >= 15 is 0 Å². The normalized spacial score (nSPS) is 12.8. The van der Waals surface area contributed by atoms with Gasteiger partial charge < -0.3 is 16.0 Å². The number of benzene rings is 1. The number of H-pyrrole nitrogens is 1. The summed E-state index contributed by atoms with van der Waals surface area (Å²) in [6.45, 7) is 6.28. The van der Waals surface area contributed by atoms with Crippen molar-refractivity contribution in [3.63, 3.8) is 0 Å². The van der Waals surface area contributed by atoms with E-state index in [1.165, 1.54) is 12.1 Å². The van der Waals surface area contributed by atoms with Crippen LogP contribution in [-0.2, 0) is 4.79 Å². The van der Waals surface area contributed by atoms with E-state index in [1.807, 2.05) is 26.8 Å². The second kappa shape index (κ2) is 6.23. The fourth-order valence-corrected chi connectivity index (χ4v) is 2.30. The van der Waals surface area contributed by atoms with Crippen molar-refractivity contribution in [2.45, 2.75) is 32.2 Å². The minimum atomic E-state index is -0.637. The van der Waals surface area contributed by atoms with E-state index < -0.39 is 11.8 Å². The zero-order valence-electron chi connectivity index (χ0n) is 13.4. The molecule has 2 rings (SSSR count). The molecule has 23 heavy (non-hydrogen) atoms. The third-order valence-electron chi connectivity index (χ3n) is 3.54. The topological polar surface area (TPSA) is 112 Å². The number of nitrogens with one attached hydrogen (secondary N) is 2. The van der Waals surface area contributed by atoms with E-state index in [1.54, 1.807) is 12.1 Å². The summed E-state index contributed by atoms with van der Waals surface area (Å²) in [6.07, 6.45) is 0. The van der Waals surface area contributed by atoms with Crippen molar-refractivity contribution < 1.29 is 4.79 Å². The molecule has 6 heteroatoms. The fourth-order valence-electron chi connectivity index (χ4n) is 2.30. The van der Waals surface area contributed by atoms with Crippen LogP contribution in [-0.4, -0.2) is 23.0 Å². The first-order valence-electron chi connectivity index (χ1n) is 7.33. The Balaban J connectivity index is 2.46. The molecule has 0 unspecified atom stereocenters. The van der Waals surface area contributed by atoms with Crippen LogP contribution >= 0.6 is 0 Å². The highest BCUT2D eigenvalue weighted by atomic mass is 16.1. The van der Waals surface area contributed by atoms with E-state index in [0.717, 1.165) is 0 Å². The van der Waals surface area contributed by atoms with Gasteiger partial charge in [-0.25, -0.2) is 0 Å². The van der Waals surface area contributed by atoms with Crippen LogP contribution in [0.25, 0.3) is 10.9 Å². The summed E-state index contributed by atoms with van der Waals surface area (Å²) in [5.74, 6) is -1.15. The van der Waals surface area contributed by atoms with E-state index in [4.69, 9.17) is 11.0 Å². The number of rotatable bonds is 4. The number of carbonyl (C=O) groups is 1. The van der Waals surface area contributed by atoms with Crippen molar-refractivity contribution >= 4 is 16.8 Å². The second-order valence-electron chi connectivity index (χ2n) is 6.55. The monoisotopic (exact) mass is 312 g/mol. The Morgan fingerprint density at radius 1 is 1.39 bits per heavy atom. The molecule has 0 aliphatic rings. The van der Waals surface area contributed by atoms with Gasteiger partial charge in [-0.15, -0.1) is 0 Å². The molecular weight excluding hydrogens is 292 g/mol. The maximum Gasteiger partial charge on any atom is 0.227 e. The third kappa shape index (κ3) is 3.96. The van der Waals surface area contributed by atoms with Crippen LogP contribution < -0.4 is 16.5 Å². The maximum atomic E-state index is 12.3. The van der Waals surface area contributed by atoms with Gasteiger partial charge in [0.05, 0.1) is 17.6 Å². The average molecular weight is 312 g/mol. The molecule has 0 aliphatic heterocycles. The van der Waals surface area contributed by atoms with Gasteiger partial charge in [-0.05, 0) is 39.0 Å². The molecule has 0 bridgehead atoms. The van der Waals surface area contributed by atoms with Crippen LogP contribution in [0.4, 0.5) is 0 Å². The summed E-state index contributed by atoms with van der Waals surface area (Å²) in [7, 11) is 0. The number of nitrogens with zero attached hydrogens (tertiary/aromatic N) is 1. The molecule has 0 spiro atoms. The Morgan fingerprint density at radius 3 is 2.65 bits per heavy atom. The first-order valence-corrected chi connectivity index (χ1v) is 7.33. The quantitative estimate of drug-likeness (QED) is 0.791. The van der Waals surface area contributed by atoms with Gasteiger partial charge >= 0.3 is 0 Å². The standard InChI is InChI=1S/C17H20N4O2/c1-17(2,3)20-9-12(16(19)23)14-7-15(22)11-6-10(8-18)4-5-13(11)21-14/h4-7,12,20H,9H2,1-3H3,(H2,19,23)(H,21,22)/t12-/m1/s1. The fraction of sp³-hybridized carbons (Fsp3) is 0.353. The Labute approximate surface area is 134 Å². The van der Waals surface area contributed by atoms with Crippen LogP contribution in [0.2, 0.25) is 0 Å². The molecule has 1 heterocycles. The summed E-state index contributed by atoms with van der Waals surface area (Å²) >= 11 is 0. The maximum absolute atomic E-state index is 12.3. The third-order valence-corrected chi connectivity index (χ3v) is 3.54. The van der Waals surface area contributed by atoms with Gasteiger partial charge in [0.25, 0.3) is 0 Å². The van der Waals surface area contributed by atoms with Gasteiger partial charge in [-0.1, -0.05) is 0 Å². The molecule has 1 aromatic carbocycles. The predicted molar refractivity (Wildman–Crippen MR) is 89.0 cm³/mol. The molecule has 6 nitrogen and oxygen atoms in total. The van der Waals surface area contributed by atoms with E-state index in [2.05, 4.69) is 10.3 Å². The number of hydrogen-bond donors (Lipinski definition) is 3. The summed E-state index contributed by atoms with van der Waals surface area (Å²) in [5, 5.41) is 12.6. The second-order valence-corrected chi connectivity index (χ2v) is 6.55.